The van der Waals surface area contributed by atoms with Gasteiger partial charge in [-0.15, -0.1) is 11.3 Å². The minimum atomic E-state index is -0.312. The van der Waals surface area contributed by atoms with E-state index < -0.39 is 0 Å². The molecule has 0 N–H and O–H groups in total. The molecule has 74 heavy (non-hydrogen) atoms. The first kappa shape index (κ1) is 67.7. The van der Waals surface area contributed by atoms with Crippen LogP contribution in [0, 0.1) is 20.8 Å². The fourth-order valence-corrected chi connectivity index (χ4v) is 7.92. The molecule has 0 atom stereocenters. The molecule has 0 unspecified atom stereocenters. The number of benzene rings is 5. The molecule has 410 valence electrons. The van der Waals surface area contributed by atoms with Crippen molar-refractivity contribution in [2.45, 2.75) is 185 Å². The van der Waals surface area contributed by atoms with Gasteiger partial charge >= 0.3 is 0 Å². The Bertz CT molecular complexity index is 2210. The summed E-state index contributed by atoms with van der Waals surface area (Å²) in [6, 6.07) is 50.0. The Labute approximate surface area is 459 Å². The highest BCUT2D eigenvalue weighted by molar-refractivity contribution is 7.12. The smallest absolute Gasteiger partial charge is 0.0876 e. The van der Waals surface area contributed by atoms with Crippen molar-refractivity contribution in [2.75, 3.05) is 46.8 Å². The zero-order chi connectivity index (χ0) is 55.9. The summed E-state index contributed by atoms with van der Waals surface area (Å²) >= 11 is 1.90. The molecule has 0 fully saturated rings. The molecule has 1 aromatic heterocycles. The number of thiophene rings is 1. The highest BCUT2D eigenvalue weighted by atomic mass is 32.1. The maximum atomic E-state index is 5.98. The standard InChI is InChI=1S/C19H32O4.C13H20.2C10H14.C9H12.C8H12S/c1-16(2)17-6-8-18(9-7-17)19(3,4)23-15-14-22-13-12-21-11-10-20-5;1-10(2)11-6-8-12(9-7-11)13(3,4)5;2*1-8(2)10-6-4-9(3)5-7-10;1-8(2)9-6-4-3-5-7-9;1-6(2)8-5-4-7(3)9-8/h6-9,16H,10-15H2,1-5H3;6-10H,1-5H3;2*4-8H,1-3H3;3-8H,1-2H3;4-6H,1-3H3. The van der Waals surface area contributed by atoms with E-state index in [0.29, 0.717) is 75.1 Å². The maximum Gasteiger partial charge on any atom is 0.0876 e. The van der Waals surface area contributed by atoms with Crippen molar-refractivity contribution in [1.29, 1.82) is 0 Å². The van der Waals surface area contributed by atoms with Gasteiger partial charge in [0.1, 0.15) is 0 Å². The normalized spacial score (nSPS) is 11.2. The minimum Gasteiger partial charge on any atom is -0.382 e. The molecule has 0 saturated carbocycles. The largest absolute Gasteiger partial charge is 0.382 e. The van der Waals surface area contributed by atoms with Crippen molar-refractivity contribution in [3.05, 3.63) is 199 Å². The summed E-state index contributed by atoms with van der Waals surface area (Å²) in [6.45, 7) is 47.4. The Morgan fingerprint density at radius 1 is 0.365 bits per heavy atom. The van der Waals surface area contributed by atoms with Gasteiger partial charge in [-0.2, -0.15) is 0 Å². The summed E-state index contributed by atoms with van der Waals surface area (Å²) in [6.07, 6.45) is 0. The average Bonchev–Trinajstić information content (AvgIpc) is 3.81. The first-order valence-corrected chi connectivity index (χ1v) is 28.3. The number of rotatable bonds is 17. The molecule has 1 heterocycles. The second-order valence-electron chi connectivity index (χ2n) is 22.7. The number of methoxy groups -OCH3 is 1. The molecule has 5 aromatic carbocycles. The third-order valence-electron chi connectivity index (χ3n) is 12.5. The lowest BCUT2D eigenvalue weighted by Gasteiger charge is -2.26. The van der Waals surface area contributed by atoms with Crippen LogP contribution in [0.1, 0.15) is 213 Å². The third-order valence-corrected chi connectivity index (χ3v) is 13.8. The molecule has 6 rings (SSSR count). The van der Waals surface area contributed by atoms with E-state index in [0.717, 1.165) is 0 Å². The van der Waals surface area contributed by atoms with E-state index in [1.54, 1.807) is 7.11 Å². The van der Waals surface area contributed by atoms with Gasteiger partial charge in [-0.1, -0.05) is 242 Å². The predicted octanol–water partition coefficient (Wildman–Crippen LogP) is 20.1. The lowest BCUT2D eigenvalue weighted by atomic mass is 9.86. The van der Waals surface area contributed by atoms with E-state index in [1.165, 1.54) is 59.8 Å². The fraction of sp³-hybridized carbons (Fsp3) is 0.507. The van der Waals surface area contributed by atoms with Gasteiger partial charge in [0.2, 0.25) is 0 Å². The molecule has 0 amide bonds. The van der Waals surface area contributed by atoms with Crippen LogP contribution in [0.3, 0.4) is 0 Å². The first-order valence-electron chi connectivity index (χ1n) is 27.5. The average molecular weight is 1030 g/mol. The summed E-state index contributed by atoms with van der Waals surface area (Å²) in [5, 5.41) is 0. The molecule has 4 nitrogen and oxygen atoms in total. The first-order chi connectivity index (χ1) is 34.8. The third kappa shape index (κ3) is 29.7. The van der Waals surface area contributed by atoms with Crippen molar-refractivity contribution in [3.63, 3.8) is 0 Å². The lowest BCUT2D eigenvalue weighted by molar-refractivity contribution is -0.0567. The van der Waals surface area contributed by atoms with Crippen LogP contribution in [-0.2, 0) is 30.0 Å². The van der Waals surface area contributed by atoms with E-state index in [9.17, 15) is 0 Å². The molecule has 0 aliphatic rings. The van der Waals surface area contributed by atoms with E-state index in [-0.39, 0.29) is 11.0 Å². The Morgan fingerprint density at radius 2 is 0.703 bits per heavy atom. The Morgan fingerprint density at radius 3 is 1.00 bits per heavy atom. The number of ether oxygens (including phenoxy) is 4. The zero-order valence-electron chi connectivity index (χ0n) is 50.5. The summed E-state index contributed by atoms with van der Waals surface area (Å²) in [5.41, 5.74) is 12.3. The van der Waals surface area contributed by atoms with Crippen LogP contribution in [0.5, 0.6) is 0 Å². The Hall–Kier alpha value is -4.36. The molecule has 0 aliphatic heterocycles. The maximum absolute atomic E-state index is 5.98. The van der Waals surface area contributed by atoms with E-state index in [1.807, 2.05) is 17.4 Å². The number of hydrogen-bond donors (Lipinski definition) is 0. The second kappa shape index (κ2) is 36.6. The van der Waals surface area contributed by atoms with Crippen LogP contribution in [0.15, 0.2) is 140 Å². The summed E-state index contributed by atoms with van der Waals surface area (Å²) in [7, 11) is 1.66. The molecule has 5 heteroatoms. The zero-order valence-corrected chi connectivity index (χ0v) is 51.3. The van der Waals surface area contributed by atoms with Gasteiger partial charge in [0.05, 0.1) is 45.2 Å². The van der Waals surface area contributed by atoms with Crippen molar-refractivity contribution in [2.24, 2.45) is 0 Å². The predicted molar refractivity (Wildman–Crippen MR) is 326 cm³/mol. The van der Waals surface area contributed by atoms with Crippen LogP contribution in [0.2, 0.25) is 0 Å². The van der Waals surface area contributed by atoms with E-state index >= 15 is 0 Å². The van der Waals surface area contributed by atoms with Gasteiger partial charge < -0.3 is 18.9 Å². The van der Waals surface area contributed by atoms with Gasteiger partial charge in [-0.05, 0) is 127 Å². The Balaban J connectivity index is 0.000000464. The molecule has 0 spiro atoms. The molecule has 0 bridgehead atoms. The van der Waals surface area contributed by atoms with Crippen LogP contribution in [-0.4, -0.2) is 46.8 Å². The fourth-order valence-electron chi connectivity index (χ4n) is 7.05. The Kier molecular flexibility index (Phi) is 33.5. The SMILES string of the molecule is CC(C)c1ccc(C(C)(C)C)cc1.CC(C)c1ccccc1.COCCOCCOCCOC(C)(C)c1ccc(C(C)C)cc1.Cc1ccc(C(C)C)cc1.Cc1ccc(C(C)C)cc1.Cc1ccc(C(C)C)s1. The molecular formula is C69H104O4S. The highest BCUT2D eigenvalue weighted by Gasteiger charge is 2.21. The van der Waals surface area contributed by atoms with Crippen LogP contribution >= 0.6 is 11.3 Å². The van der Waals surface area contributed by atoms with Crippen LogP contribution < -0.4 is 0 Å². The summed E-state index contributed by atoms with van der Waals surface area (Å²) in [4.78, 5) is 2.91. The number of aryl methyl sites for hydroxylation is 3. The van der Waals surface area contributed by atoms with Crippen molar-refractivity contribution in [3.8, 4) is 0 Å². The molecule has 6 aromatic rings. The van der Waals surface area contributed by atoms with Gasteiger partial charge in [0, 0.05) is 16.9 Å². The topological polar surface area (TPSA) is 36.9 Å². The summed E-state index contributed by atoms with van der Waals surface area (Å²) < 4.78 is 21.7. The number of hydrogen-bond acceptors (Lipinski definition) is 5. The van der Waals surface area contributed by atoms with Crippen LogP contribution in [0.4, 0.5) is 0 Å². The van der Waals surface area contributed by atoms with Crippen molar-refractivity contribution < 1.29 is 18.9 Å². The van der Waals surface area contributed by atoms with E-state index in [4.69, 9.17) is 18.9 Å². The van der Waals surface area contributed by atoms with Gasteiger partial charge in [-0.3, -0.25) is 0 Å². The van der Waals surface area contributed by atoms with Crippen molar-refractivity contribution in [1.82, 2.24) is 0 Å². The minimum absolute atomic E-state index is 0.273. The molecule has 0 saturated heterocycles. The molecule has 0 aliphatic carbocycles. The van der Waals surface area contributed by atoms with Gasteiger partial charge in [0.25, 0.3) is 0 Å². The highest BCUT2D eigenvalue weighted by Crippen LogP contribution is 2.27. The second-order valence-corrected chi connectivity index (χ2v) is 24.0. The monoisotopic (exact) mass is 1030 g/mol. The van der Waals surface area contributed by atoms with E-state index in [2.05, 4.69) is 272 Å². The quantitative estimate of drug-likeness (QED) is 0.0853. The summed E-state index contributed by atoms with van der Waals surface area (Å²) in [5.74, 6) is 3.85. The van der Waals surface area contributed by atoms with Gasteiger partial charge in [-0.25, -0.2) is 0 Å². The molecule has 0 radical (unpaired) electrons. The van der Waals surface area contributed by atoms with Crippen LogP contribution in [0.25, 0.3) is 0 Å². The lowest BCUT2D eigenvalue weighted by Crippen LogP contribution is -2.24. The molecular weight excluding hydrogens is 925 g/mol. The van der Waals surface area contributed by atoms with Gasteiger partial charge in [0.15, 0.2) is 0 Å². The van der Waals surface area contributed by atoms with Crippen molar-refractivity contribution >= 4 is 11.3 Å².